The van der Waals surface area contributed by atoms with Crippen molar-refractivity contribution >= 4 is 46.6 Å². The Kier molecular flexibility index (Phi) is 4.74. The van der Waals surface area contributed by atoms with Gasteiger partial charge in [-0.2, -0.15) is 0 Å². The Bertz CT molecular complexity index is 868. The summed E-state index contributed by atoms with van der Waals surface area (Å²) in [5.41, 5.74) is 0.978. The van der Waals surface area contributed by atoms with Crippen LogP contribution in [0.25, 0.3) is 0 Å². The van der Waals surface area contributed by atoms with Crippen LogP contribution in [0.3, 0.4) is 0 Å². The van der Waals surface area contributed by atoms with Crippen LogP contribution in [0.4, 0.5) is 10.5 Å². The molecule has 2 aromatic rings. The van der Waals surface area contributed by atoms with Crippen LogP contribution in [-0.4, -0.2) is 29.3 Å². The maximum atomic E-state index is 12.8. The van der Waals surface area contributed by atoms with E-state index < -0.39 is 23.6 Å². The summed E-state index contributed by atoms with van der Waals surface area (Å²) >= 11 is 11.7. The highest BCUT2D eigenvalue weighted by Gasteiger charge is 2.45. The lowest BCUT2D eigenvalue weighted by atomic mass is 9.92. The van der Waals surface area contributed by atoms with E-state index in [9.17, 15) is 14.4 Å². The van der Waals surface area contributed by atoms with Gasteiger partial charge in [0, 0.05) is 23.3 Å². The van der Waals surface area contributed by atoms with Crippen LogP contribution in [0, 0.1) is 0 Å². The molecule has 3 rings (SSSR count). The highest BCUT2D eigenvalue weighted by atomic mass is 35.5. The van der Waals surface area contributed by atoms with Crippen LogP contribution in [0.15, 0.2) is 36.5 Å². The lowest BCUT2D eigenvalue weighted by Gasteiger charge is -2.16. The quantitative estimate of drug-likeness (QED) is 0.504. The first-order valence-corrected chi connectivity index (χ1v) is 8.26. The molecule has 1 aromatic heterocycles. The van der Waals surface area contributed by atoms with Crippen LogP contribution in [0.5, 0.6) is 0 Å². The third-order valence-electron chi connectivity index (χ3n) is 3.82. The smallest absolute Gasteiger partial charge is 0.328 e. The number of Topliss-reactive ketones (excluding diaryl/α,β-unsaturated/α-hetero) is 1. The Hall–Kier alpha value is -2.44. The number of hydrogen-bond donors (Lipinski definition) is 1. The summed E-state index contributed by atoms with van der Waals surface area (Å²) < 4.78 is 0. The fourth-order valence-electron chi connectivity index (χ4n) is 2.72. The molecule has 1 atom stereocenters. The number of halogens is 2. The summed E-state index contributed by atoms with van der Waals surface area (Å²) in [6.45, 7) is 2.08. The Balaban J connectivity index is 2.06. The van der Waals surface area contributed by atoms with E-state index in [4.69, 9.17) is 23.2 Å². The molecule has 0 aliphatic carbocycles. The minimum Gasteiger partial charge on any atom is -0.338 e. The van der Waals surface area contributed by atoms with Crippen LogP contribution in [0.2, 0.25) is 10.2 Å². The number of ketones is 1. The predicted octanol–water partition coefficient (Wildman–Crippen LogP) is 3.43. The molecule has 0 saturated heterocycles. The maximum absolute atomic E-state index is 12.8. The summed E-state index contributed by atoms with van der Waals surface area (Å²) in [7, 11) is 0. The lowest BCUT2D eigenvalue weighted by molar-refractivity contribution is -0.117. The van der Waals surface area contributed by atoms with E-state index in [-0.39, 0.29) is 10.7 Å². The first-order valence-electron chi connectivity index (χ1n) is 7.51. The number of benzene rings is 1. The molecule has 6 nitrogen and oxygen atoms in total. The van der Waals surface area contributed by atoms with Gasteiger partial charge in [0.25, 0.3) is 5.91 Å². The minimum atomic E-state index is -1.13. The van der Waals surface area contributed by atoms with E-state index in [0.717, 1.165) is 4.90 Å². The molecule has 0 saturated carbocycles. The van der Waals surface area contributed by atoms with Gasteiger partial charge in [0.2, 0.25) is 0 Å². The normalized spacial score (nSPS) is 15.9. The van der Waals surface area contributed by atoms with Crippen LogP contribution in [0.1, 0.15) is 28.8 Å². The molecule has 1 N–H and O–H groups in total. The number of anilines is 1. The van der Waals surface area contributed by atoms with E-state index in [2.05, 4.69) is 10.3 Å². The van der Waals surface area contributed by atoms with E-state index in [1.807, 2.05) is 0 Å². The monoisotopic (exact) mass is 377 g/mol. The highest BCUT2D eigenvalue weighted by molar-refractivity contribution is 6.33. The molecule has 2 heterocycles. The standard InChI is InChI=1S/C17H13Cl2N3O3/c1-2-20-17(25)22-12-7-10(18)4-5-11(12)14(16(22)24)15(23)9-3-6-13(19)21-8-9/h3-8,14H,2H2,1H3,(H,20,25). The highest BCUT2D eigenvalue weighted by Crippen LogP contribution is 2.40. The van der Waals surface area contributed by atoms with Crippen molar-refractivity contribution in [1.82, 2.24) is 10.3 Å². The molecule has 0 radical (unpaired) electrons. The van der Waals surface area contributed by atoms with Gasteiger partial charge in [-0.15, -0.1) is 0 Å². The molecule has 1 aliphatic rings. The summed E-state index contributed by atoms with van der Waals surface area (Å²) in [4.78, 5) is 42.8. The largest absolute Gasteiger partial charge is 0.338 e. The summed E-state index contributed by atoms with van der Waals surface area (Å²) in [5, 5.41) is 3.17. The number of nitrogens with one attached hydrogen (secondary N) is 1. The molecular formula is C17H13Cl2N3O3. The van der Waals surface area contributed by atoms with Crippen molar-refractivity contribution in [3.63, 3.8) is 0 Å². The van der Waals surface area contributed by atoms with Gasteiger partial charge in [0.05, 0.1) is 5.69 Å². The Morgan fingerprint density at radius 1 is 1.24 bits per heavy atom. The fourth-order valence-corrected chi connectivity index (χ4v) is 2.99. The van der Waals surface area contributed by atoms with Crippen LogP contribution >= 0.6 is 23.2 Å². The third-order valence-corrected chi connectivity index (χ3v) is 4.28. The second kappa shape index (κ2) is 6.82. The molecule has 0 spiro atoms. The van der Waals surface area contributed by atoms with Gasteiger partial charge >= 0.3 is 6.03 Å². The number of amides is 3. The lowest BCUT2D eigenvalue weighted by Crippen LogP contribution is -2.43. The summed E-state index contributed by atoms with van der Waals surface area (Å²) in [6.07, 6.45) is 1.31. The molecule has 3 amide bonds. The molecule has 0 bridgehead atoms. The Labute approximate surface area is 153 Å². The molecule has 1 aliphatic heterocycles. The zero-order valence-corrected chi connectivity index (χ0v) is 14.6. The second-order valence-corrected chi connectivity index (χ2v) is 6.20. The molecule has 128 valence electrons. The average Bonchev–Trinajstić information content (AvgIpc) is 2.86. The SMILES string of the molecule is CCNC(=O)N1C(=O)C(C(=O)c2ccc(Cl)nc2)c2ccc(Cl)cc21. The van der Waals surface area contributed by atoms with Gasteiger partial charge in [-0.3, -0.25) is 9.59 Å². The van der Waals surface area contributed by atoms with Crippen molar-refractivity contribution in [1.29, 1.82) is 0 Å². The van der Waals surface area contributed by atoms with Gasteiger partial charge in [0.15, 0.2) is 5.78 Å². The number of carbonyl (C=O) groups excluding carboxylic acids is 3. The first kappa shape index (κ1) is 17.4. The van der Waals surface area contributed by atoms with Gasteiger partial charge in [-0.05, 0) is 36.8 Å². The molecular weight excluding hydrogens is 365 g/mol. The minimum absolute atomic E-state index is 0.237. The fraction of sp³-hybridized carbons (Fsp3) is 0.176. The number of carbonyl (C=O) groups is 3. The number of fused-ring (bicyclic) bond motifs is 1. The van der Waals surface area contributed by atoms with Gasteiger partial charge < -0.3 is 5.32 Å². The number of rotatable bonds is 3. The van der Waals surface area contributed by atoms with E-state index in [1.54, 1.807) is 19.1 Å². The third kappa shape index (κ3) is 3.10. The van der Waals surface area contributed by atoms with Crippen molar-refractivity contribution in [2.24, 2.45) is 0 Å². The molecule has 8 heteroatoms. The average molecular weight is 378 g/mol. The number of urea groups is 1. The molecule has 25 heavy (non-hydrogen) atoms. The zero-order valence-electron chi connectivity index (χ0n) is 13.1. The zero-order chi connectivity index (χ0) is 18.1. The van der Waals surface area contributed by atoms with E-state index in [1.165, 1.54) is 24.4 Å². The predicted molar refractivity (Wildman–Crippen MR) is 94.3 cm³/mol. The summed E-state index contributed by atoms with van der Waals surface area (Å²) in [6, 6.07) is 7.03. The van der Waals surface area contributed by atoms with Crippen LogP contribution in [-0.2, 0) is 4.79 Å². The number of imide groups is 1. The van der Waals surface area contributed by atoms with Gasteiger partial charge in [0.1, 0.15) is 11.1 Å². The maximum Gasteiger partial charge on any atom is 0.328 e. The molecule has 0 fully saturated rings. The van der Waals surface area contributed by atoms with Crippen molar-refractivity contribution in [2.75, 3.05) is 11.4 Å². The van der Waals surface area contributed by atoms with Crippen molar-refractivity contribution in [3.8, 4) is 0 Å². The van der Waals surface area contributed by atoms with Gasteiger partial charge in [-0.1, -0.05) is 29.3 Å². The van der Waals surface area contributed by atoms with E-state index >= 15 is 0 Å². The molecule has 1 aromatic carbocycles. The van der Waals surface area contributed by atoms with Gasteiger partial charge in [-0.25, -0.2) is 14.7 Å². The van der Waals surface area contributed by atoms with Crippen molar-refractivity contribution < 1.29 is 14.4 Å². The van der Waals surface area contributed by atoms with Crippen LogP contribution < -0.4 is 10.2 Å². The Morgan fingerprint density at radius 3 is 2.64 bits per heavy atom. The molecule has 1 unspecified atom stereocenters. The van der Waals surface area contributed by atoms with Crippen molar-refractivity contribution in [3.05, 3.63) is 57.8 Å². The number of pyridine rings is 1. The van der Waals surface area contributed by atoms with E-state index in [0.29, 0.717) is 22.8 Å². The number of nitrogens with zero attached hydrogens (tertiary/aromatic N) is 2. The van der Waals surface area contributed by atoms with Crippen molar-refractivity contribution in [2.45, 2.75) is 12.8 Å². The second-order valence-electron chi connectivity index (χ2n) is 5.38. The summed E-state index contributed by atoms with van der Waals surface area (Å²) in [5.74, 6) is -2.20. The number of aromatic nitrogens is 1. The number of hydrogen-bond acceptors (Lipinski definition) is 4. The first-order chi connectivity index (χ1) is 11.9. The Morgan fingerprint density at radius 2 is 2.00 bits per heavy atom. The topological polar surface area (TPSA) is 79.4 Å².